The van der Waals surface area contributed by atoms with E-state index in [-0.39, 0.29) is 11.7 Å². The molecule has 0 aliphatic rings. The number of benzene rings is 1. The lowest BCUT2D eigenvalue weighted by Gasteiger charge is -2.03. The summed E-state index contributed by atoms with van der Waals surface area (Å²) in [6.45, 7) is 2.69. The molecule has 118 valence electrons. The predicted molar refractivity (Wildman–Crippen MR) is 86.1 cm³/mol. The smallest absolute Gasteiger partial charge is 0.292 e. The standard InChI is InChI=1S/C16H14ClN3O3/c1-2-20-10-9-14(19-20)18-16(21)13-7-8-15(23-13)22-12-6-4-3-5-11(12)17/h3-10H,2H2,1H3,(H,18,19,21). The van der Waals surface area contributed by atoms with Crippen LogP contribution in [-0.2, 0) is 6.54 Å². The zero-order valence-electron chi connectivity index (χ0n) is 12.3. The van der Waals surface area contributed by atoms with Gasteiger partial charge in [-0.05, 0) is 25.1 Å². The molecular weight excluding hydrogens is 318 g/mol. The Balaban J connectivity index is 1.68. The fourth-order valence-electron chi connectivity index (χ4n) is 1.92. The third-order valence-electron chi connectivity index (χ3n) is 3.06. The summed E-state index contributed by atoms with van der Waals surface area (Å²) in [5, 5.41) is 7.29. The Kier molecular flexibility index (Phi) is 4.34. The number of halogens is 1. The normalized spacial score (nSPS) is 10.5. The number of rotatable bonds is 5. The van der Waals surface area contributed by atoms with Gasteiger partial charge in [0.15, 0.2) is 11.6 Å². The molecule has 3 rings (SSSR count). The van der Waals surface area contributed by atoms with Gasteiger partial charge in [0.2, 0.25) is 0 Å². The Morgan fingerprint density at radius 1 is 1.30 bits per heavy atom. The van der Waals surface area contributed by atoms with Gasteiger partial charge in [-0.25, -0.2) is 0 Å². The Hall–Kier alpha value is -2.73. The first-order chi connectivity index (χ1) is 11.2. The number of anilines is 1. The van der Waals surface area contributed by atoms with Crippen molar-refractivity contribution in [2.75, 3.05) is 5.32 Å². The molecule has 3 aromatic rings. The van der Waals surface area contributed by atoms with E-state index in [1.165, 1.54) is 6.07 Å². The Morgan fingerprint density at radius 2 is 2.13 bits per heavy atom. The van der Waals surface area contributed by atoms with E-state index in [9.17, 15) is 4.79 Å². The average Bonchev–Trinajstić information content (AvgIpc) is 3.19. The highest BCUT2D eigenvalue weighted by Gasteiger charge is 2.14. The van der Waals surface area contributed by atoms with E-state index in [4.69, 9.17) is 20.8 Å². The van der Waals surface area contributed by atoms with Crippen LogP contribution in [0.2, 0.25) is 5.02 Å². The zero-order valence-corrected chi connectivity index (χ0v) is 13.1. The van der Waals surface area contributed by atoms with Gasteiger partial charge in [-0.3, -0.25) is 9.48 Å². The molecule has 1 aromatic carbocycles. The van der Waals surface area contributed by atoms with Gasteiger partial charge in [-0.15, -0.1) is 0 Å². The molecule has 0 bridgehead atoms. The summed E-state index contributed by atoms with van der Waals surface area (Å²) in [4.78, 5) is 12.1. The van der Waals surface area contributed by atoms with Crippen molar-refractivity contribution in [3.05, 3.63) is 59.4 Å². The van der Waals surface area contributed by atoms with Crippen LogP contribution in [0.3, 0.4) is 0 Å². The van der Waals surface area contributed by atoms with Crippen LogP contribution < -0.4 is 10.1 Å². The molecule has 0 unspecified atom stereocenters. The number of carbonyl (C=O) groups excluding carboxylic acids is 1. The summed E-state index contributed by atoms with van der Waals surface area (Å²) in [5.74, 6) is 0.819. The molecule has 0 saturated carbocycles. The van der Waals surface area contributed by atoms with E-state index in [0.717, 1.165) is 6.54 Å². The summed E-state index contributed by atoms with van der Waals surface area (Å²) in [5.41, 5.74) is 0. The van der Waals surface area contributed by atoms with Crippen LogP contribution in [0, 0.1) is 0 Å². The lowest BCUT2D eigenvalue weighted by atomic mass is 10.3. The van der Waals surface area contributed by atoms with E-state index in [2.05, 4.69) is 10.4 Å². The molecule has 23 heavy (non-hydrogen) atoms. The fourth-order valence-corrected chi connectivity index (χ4v) is 2.09. The van der Waals surface area contributed by atoms with E-state index < -0.39 is 5.91 Å². The number of para-hydroxylation sites is 1. The zero-order chi connectivity index (χ0) is 16.2. The SMILES string of the molecule is CCn1ccc(NC(=O)c2ccc(Oc3ccccc3Cl)o2)n1. The lowest BCUT2D eigenvalue weighted by molar-refractivity contribution is 0.0991. The first-order valence-corrected chi connectivity index (χ1v) is 7.40. The number of hydrogen-bond acceptors (Lipinski definition) is 4. The third-order valence-corrected chi connectivity index (χ3v) is 3.37. The quantitative estimate of drug-likeness (QED) is 0.761. The number of nitrogens with one attached hydrogen (secondary N) is 1. The molecule has 0 spiro atoms. The van der Waals surface area contributed by atoms with Crippen molar-refractivity contribution in [2.45, 2.75) is 13.5 Å². The van der Waals surface area contributed by atoms with Crippen molar-refractivity contribution in [1.82, 2.24) is 9.78 Å². The van der Waals surface area contributed by atoms with E-state index >= 15 is 0 Å². The van der Waals surface area contributed by atoms with Crippen LogP contribution in [0.25, 0.3) is 0 Å². The molecule has 0 fully saturated rings. The lowest BCUT2D eigenvalue weighted by Crippen LogP contribution is -2.11. The maximum atomic E-state index is 12.1. The highest BCUT2D eigenvalue weighted by atomic mass is 35.5. The van der Waals surface area contributed by atoms with Gasteiger partial charge in [0.05, 0.1) is 5.02 Å². The van der Waals surface area contributed by atoms with Gasteiger partial charge in [0.25, 0.3) is 11.9 Å². The maximum Gasteiger partial charge on any atom is 0.292 e. The Morgan fingerprint density at radius 3 is 2.87 bits per heavy atom. The molecule has 1 N–H and O–H groups in total. The van der Waals surface area contributed by atoms with Crippen molar-refractivity contribution in [2.24, 2.45) is 0 Å². The molecule has 0 saturated heterocycles. The van der Waals surface area contributed by atoms with Gasteiger partial charge in [0, 0.05) is 24.9 Å². The minimum absolute atomic E-state index is 0.123. The van der Waals surface area contributed by atoms with Gasteiger partial charge < -0.3 is 14.5 Å². The Bertz CT molecular complexity index is 825. The molecule has 1 amide bonds. The first-order valence-electron chi connectivity index (χ1n) is 7.02. The fraction of sp³-hybridized carbons (Fsp3) is 0.125. The summed E-state index contributed by atoms with van der Waals surface area (Å²) < 4.78 is 12.6. The van der Waals surface area contributed by atoms with Crippen LogP contribution in [0.15, 0.2) is 53.1 Å². The number of ether oxygens (including phenoxy) is 1. The number of aromatic nitrogens is 2. The van der Waals surface area contributed by atoms with Crippen LogP contribution in [-0.4, -0.2) is 15.7 Å². The van der Waals surface area contributed by atoms with E-state index in [0.29, 0.717) is 16.6 Å². The van der Waals surface area contributed by atoms with Crippen LogP contribution in [0.1, 0.15) is 17.5 Å². The monoisotopic (exact) mass is 331 g/mol. The second kappa shape index (κ2) is 6.58. The van der Waals surface area contributed by atoms with Gasteiger partial charge in [-0.1, -0.05) is 23.7 Å². The van der Waals surface area contributed by atoms with Crippen molar-refractivity contribution >= 4 is 23.3 Å². The van der Waals surface area contributed by atoms with Crippen molar-refractivity contribution in [3.63, 3.8) is 0 Å². The third kappa shape index (κ3) is 3.54. The summed E-state index contributed by atoms with van der Waals surface area (Å²) in [7, 11) is 0. The number of furan rings is 1. The van der Waals surface area contributed by atoms with E-state index in [1.54, 1.807) is 47.3 Å². The summed E-state index contributed by atoms with van der Waals surface area (Å²) >= 11 is 6.01. The van der Waals surface area contributed by atoms with Crippen LogP contribution in [0.4, 0.5) is 5.82 Å². The van der Waals surface area contributed by atoms with Crippen molar-refractivity contribution < 1.29 is 13.9 Å². The van der Waals surface area contributed by atoms with Crippen LogP contribution in [0.5, 0.6) is 11.7 Å². The minimum Gasteiger partial charge on any atom is -0.424 e. The number of nitrogens with zero attached hydrogens (tertiary/aromatic N) is 2. The molecule has 7 heteroatoms. The van der Waals surface area contributed by atoms with Gasteiger partial charge in [0.1, 0.15) is 5.75 Å². The van der Waals surface area contributed by atoms with E-state index in [1.807, 2.05) is 6.92 Å². The molecule has 6 nitrogen and oxygen atoms in total. The molecule has 0 aliphatic carbocycles. The topological polar surface area (TPSA) is 69.3 Å². The summed E-state index contributed by atoms with van der Waals surface area (Å²) in [6.07, 6.45) is 1.78. The molecule has 2 aromatic heterocycles. The molecule has 0 radical (unpaired) electrons. The Labute approximate surface area is 137 Å². The first kappa shape index (κ1) is 15.2. The van der Waals surface area contributed by atoms with Crippen LogP contribution >= 0.6 is 11.6 Å². The maximum absolute atomic E-state index is 12.1. The van der Waals surface area contributed by atoms with Gasteiger partial charge >= 0.3 is 0 Å². The predicted octanol–water partition coefficient (Wildman–Crippen LogP) is 4.19. The summed E-state index contributed by atoms with van der Waals surface area (Å²) in [6, 6.07) is 11.8. The molecule has 0 aliphatic heterocycles. The van der Waals surface area contributed by atoms with Crippen molar-refractivity contribution in [3.8, 4) is 11.7 Å². The number of hydrogen-bond donors (Lipinski definition) is 1. The number of aryl methyl sites for hydroxylation is 1. The number of carbonyl (C=O) groups is 1. The number of amides is 1. The highest BCUT2D eigenvalue weighted by Crippen LogP contribution is 2.30. The van der Waals surface area contributed by atoms with Gasteiger partial charge in [-0.2, -0.15) is 5.10 Å². The second-order valence-corrected chi connectivity index (χ2v) is 5.07. The second-order valence-electron chi connectivity index (χ2n) is 4.66. The molecule has 0 atom stereocenters. The minimum atomic E-state index is -0.402. The molecular formula is C16H14ClN3O3. The highest BCUT2D eigenvalue weighted by molar-refractivity contribution is 6.32. The molecule has 2 heterocycles. The largest absolute Gasteiger partial charge is 0.424 e. The average molecular weight is 332 g/mol. The van der Waals surface area contributed by atoms with Crippen molar-refractivity contribution in [1.29, 1.82) is 0 Å².